The molecular weight excluding hydrogens is 272 g/mol. The summed E-state index contributed by atoms with van der Waals surface area (Å²) in [4.78, 5) is 2.34. The van der Waals surface area contributed by atoms with Gasteiger partial charge in [0, 0.05) is 25.2 Å². The Hall–Kier alpha value is -1.78. The number of aromatic nitrogens is 4. The average Bonchev–Trinajstić information content (AvgIpc) is 2.99. The molecule has 0 radical (unpaired) electrons. The standard InChI is InChI=1S/C13H14N6S/c14-3-9-4-15-19(5-9)11-6-18(7-11)8-12-16-17-13(20-12)10-1-2-10/h4-5,10-11H,1-2,6-8H2. The van der Waals surface area contributed by atoms with E-state index >= 15 is 0 Å². The van der Waals surface area contributed by atoms with E-state index in [-0.39, 0.29) is 0 Å². The summed E-state index contributed by atoms with van der Waals surface area (Å²) in [5.74, 6) is 0.693. The molecule has 0 atom stereocenters. The number of likely N-dealkylation sites (tertiary alicyclic amines) is 1. The molecule has 1 aliphatic heterocycles. The summed E-state index contributed by atoms with van der Waals surface area (Å²) in [7, 11) is 0. The van der Waals surface area contributed by atoms with Gasteiger partial charge in [-0.25, -0.2) is 0 Å². The molecule has 0 amide bonds. The number of hydrogen-bond acceptors (Lipinski definition) is 6. The second kappa shape index (κ2) is 4.65. The van der Waals surface area contributed by atoms with Crippen molar-refractivity contribution in [2.45, 2.75) is 31.3 Å². The number of rotatable bonds is 4. The minimum atomic E-state index is 0.382. The lowest BCUT2D eigenvalue weighted by atomic mass is 10.1. The summed E-state index contributed by atoms with van der Waals surface area (Å²) < 4.78 is 1.89. The molecule has 2 aliphatic rings. The van der Waals surface area contributed by atoms with Crippen molar-refractivity contribution >= 4 is 11.3 Å². The van der Waals surface area contributed by atoms with E-state index in [9.17, 15) is 0 Å². The monoisotopic (exact) mass is 286 g/mol. The van der Waals surface area contributed by atoms with E-state index in [1.54, 1.807) is 17.5 Å². The Morgan fingerprint density at radius 3 is 2.90 bits per heavy atom. The molecular formula is C13H14N6S. The summed E-state index contributed by atoms with van der Waals surface area (Å²) in [6.07, 6.45) is 6.00. The zero-order valence-corrected chi connectivity index (χ0v) is 11.8. The molecule has 2 aromatic rings. The van der Waals surface area contributed by atoms with E-state index in [0.29, 0.717) is 17.5 Å². The van der Waals surface area contributed by atoms with Crippen LogP contribution in [0, 0.1) is 11.3 Å². The SMILES string of the molecule is N#Cc1cnn(C2CN(Cc3nnc(C4CC4)s3)C2)c1. The predicted octanol–water partition coefficient (Wildman–Crippen LogP) is 1.54. The first-order valence-electron chi connectivity index (χ1n) is 6.80. The molecule has 1 saturated heterocycles. The van der Waals surface area contributed by atoms with Crippen molar-refractivity contribution in [1.82, 2.24) is 24.9 Å². The van der Waals surface area contributed by atoms with Gasteiger partial charge >= 0.3 is 0 Å². The highest BCUT2D eigenvalue weighted by molar-refractivity contribution is 7.11. The van der Waals surface area contributed by atoms with Gasteiger partial charge in [0.25, 0.3) is 0 Å². The summed E-state index contributed by atoms with van der Waals surface area (Å²) in [5, 5.41) is 23.9. The van der Waals surface area contributed by atoms with Crippen molar-refractivity contribution < 1.29 is 0 Å². The Bertz CT molecular complexity index is 658. The Labute approximate surface area is 120 Å². The van der Waals surface area contributed by atoms with Crippen LogP contribution in [-0.2, 0) is 6.54 Å². The molecule has 4 rings (SSSR count). The topological polar surface area (TPSA) is 70.6 Å². The van der Waals surface area contributed by atoms with Crippen molar-refractivity contribution in [3.8, 4) is 6.07 Å². The lowest BCUT2D eigenvalue weighted by Gasteiger charge is -2.38. The zero-order chi connectivity index (χ0) is 13.5. The lowest BCUT2D eigenvalue weighted by Crippen LogP contribution is -2.47. The largest absolute Gasteiger partial charge is 0.292 e. The first-order valence-corrected chi connectivity index (χ1v) is 7.62. The fraction of sp³-hybridized carbons (Fsp3) is 0.538. The molecule has 102 valence electrons. The first kappa shape index (κ1) is 12.0. The van der Waals surface area contributed by atoms with Crippen LogP contribution in [0.25, 0.3) is 0 Å². The van der Waals surface area contributed by atoms with Gasteiger partial charge < -0.3 is 0 Å². The molecule has 20 heavy (non-hydrogen) atoms. The molecule has 2 fully saturated rings. The molecule has 6 nitrogen and oxygen atoms in total. The predicted molar refractivity (Wildman–Crippen MR) is 73.1 cm³/mol. The van der Waals surface area contributed by atoms with Crippen LogP contribution >= 0.6 is 11.3 Å². The Morgan fingerprint density at radius 1 is 1.35 bits per heavy atom. The summed E-state index contributed by atoms with van der Waals surface area (Å²) in [5.41, 5.74) is 0.627. The fourth-order valence-electron chi connectivity index (χ4n) is 2.45. The zero-order valence-electron chi connectivity index (χ0n) is 10.9. The van der Waals surface area contributed by atoms with Crippen LogP contribution in [0.15, 0.2) is 12.4 Å². The van der Waals surface area contributed by atoms with E-state index in [1.165, 1.54) is 17.8 Å². The van der Waals surface area contributed by atoms with Gasteiger partial charge in [0.2, 0.25) is 0 Å². The highest BCUT2D eigenvalue weighted by atomic mass is 32.1. The molecule has 0 aromatic carbocycles. The highest BCUT2D eigenvalue weighted by Gasteiger charge is 2.31. The number of nitriles is 1. The van der Waals surface area contributed by atoms with Crippen LogP contribution in [0.2, 0.25) is 0 Å². The van der Waals surface area contributed by atoms with Gasteiger partial charge in [0.05, 0.1) is 24.3 Å². The van der Waals surface area contributed by atoms with Gasteiger partial charge in [-0.05, 0) is 12.8 Å². The van der Waals surface area contributed by atoms with Crippen LogP contribution in [0.4, 0.5) is 0 Å². The van der Waals surface area contributed by atoms with Crippen LogP contribution < -0.4 is 0 Å². The van der Waals surface area contributed by atoms with Crippen LogP contribution in [0.1, 0.15) is 40.4 Å². The molecule has 1 aliphatic carbocycles. The minimum Gasteiger partial charge on any atom is -0.292 e. The molecule has 0 spiro atoms. The summed E-state index contributed by atoms with van der Waals surface area (Å²) in [6, 6.07) is 2.49. The second-order valence-electron chi connectivity index (χ2n) is 5.48. The van der Waals surface area contributed by atoms with Crippen molar-refractivity contribution in [2.75, 3.05) is 13.1 Å². The van der Waals surface area contributed by atoms with E-state index in [0.717, 1.165) is 24.6 Å². The van der Waals surface area contributed by atoms with Gasteiger partial charge in [0.15, 0.2) is 0 Å². The molecule has 2 aromatic heterocycles. The Morgan fingerprint density at radius 2 is 2.20 bits per heavy atom. The van der Waals surface area contributed by atoms with Gasteiger partial charge in [-0.1, -0.05) is 11.3 Å². The quantitative estimate of drug-likeness (QED) is 0.852. The van der Waals surface area contributed by atoms with Gasteiger partial charge in [-0.15, -0.1) is 10.2 Å². The molecule has 3 heterocycles. The number of hydrogen-bond donors (Lipinski definition) is 0. The van der Waals surface area contributed by atoms with Crippen LogP contribution in [-0.4, -0.2) is 38.0 Å². The smallest absolute Gasteiger partial charge is 0.131 e. The van der Waals surface area contributed by atoms with Crippen LogP contribution in [0.3, 0.4) is 0 Å². The van der Waals surface area contributed by atoms with Crippen molar-refractivity contribution in [3.63, 3.8) is 0 Å². The van der Waals surface area contributed by atoms with E-state index in [1.807, 2.05) is 10.9 Å². The van der Waals surface area contributed by atoms with Crippen LogP contribution in [0.5, 0.6) is 0 Å². The molecule has 1 saturated carbocycles. The Balaban J connectivity index is 1.33. The molecule has 0 N–H and O–H groups in total. The normalized spacial score (nSPS) is 19.8. The van der Waals surface area contributed by atoms with E-state index in [4.69, 9.17) is 5.26 Å². The highest BCUT2D eigenvalue weighted by Crippen LogP contribution is 2.41. The number of nitrogens with zero attached hydrogens (tertiary/aromatic N) is 6. The van der Waals surface area contributed by atoms with Gasteiger partial charge in [-0.3, -0.25) is 9.58 Å². The maximum absolute atomic E-state index is 8.79. The van der Waals surface area contributed by atoms with E-state index in [2.05, 4.69) is 26.3 Å². The third-order valence-electron chi connectivity index (χ3n) is 3.81. The van der Waals surface area contributed by atoms with Crippen molar-refractivity contribution in [1.29, 1.82) is 5.26 Å². The maximum atomic E-state index is 8.79. The lowest BCUT2D eigenvalue weighted by molar-refractivity contribution is 0.0906. The van der Waals surface area contributed by atoms with Gasteiger partial charge in [0.1, 0.15) is 16.1 Å². The molecule has 0 bridgehead atoms. The van der Waals surface area contributed by atoms with Crippen molar-refractivity contribution in [3.05, 3.63) is 28.0 Å². The molecule has 0 unspecified atom stereocenters. The maximum Gasteiger partial charge on any atom is 0.131 e. The van der Waals surface area contributed by atoms with Crippen molar-refractivity contribution in [2.24, 2.45) is 0 Å². The third-order valence-corrected chi connectivity index (χ3v) is 4.88. The third kappa shape index (κ3) is 2.21. The fourth-order valence-corrected chi connectivity index (χ4v) is 3.51. The Kier molecular flexibility index (Phi) is 2.79. The summed E-state index contributed by atoms with van der Waals surface area (Å²) >= 11 is 1.76. The molecule has 7 heteroatoms. The summed E-state index contributed by atoms with van der Waals surface area (Å²) in [6.45, 7) is 2.81. The van der Waals surface area contributed by atoms with Gasteiger partial charge in [-0.2, -0.15) is 10.4 Å². The second-order valence-corrected chi connectivity index (χ2v) is 6.57. The first-order chi connectivity index (χ1) is 9.81. The average molecular weight is 286 g/mol. The minimum absolute atomic E-state index is 0.382. The van der Waals surface area contributed by atoms with E-state index < -0.39 is 0 Å².